The number of piperidine rings is 1. The molecule has 1 aliphatic rings. The van der Waals surface area contributed by atoms with E-state index in [0.717, 1.165) is 16.7 Å². The second-order valence-corrected chi connectivity index (χ2v) is 9.79. The Morgan fingerprint density at radius 3 is 2.61 bits per heavy atom. The topological polar surface area (TPSA) is 89.2 Å². The van der Waals surface area contributed by atoms with E-state index in [0.29, 0.717) is 54.9 Å². The molecule has 1 aliphatic heterocycles. The molecule has 2 aromatic carbocycles. The summed E-state index contributed by atoms with van der Waals surface area (Å²) in [5.41, 5.74) is 1.45. The molecule has 9 heteroatoms. The first-order valence-corrected chi connectivity index (χ1v) is 12.4. The van der Waals surface area contributed by atoms with Gasteiger partial charge >= 0.3 is 0 Å². The summed E-state index contributed by atoms with van der Waals surface area (Å²) >= 11 is 6.25. The second kappa shape index (κ2) is 11.5. The number of benzene rings is 2. The number of β-amino-alcohol motifs (C(OH)–C–C–N with tert-alkyl or cyclic N) is 1. The summed E-state index contributed by atoms with van der Waals surface area (Å²) in [5.74, 6) is 1.95. The predicted octanol–water partition coefficient (Wildman–Crippen LogP) is 3.62. The first-order chi connectivity index (χ1) is 17.3. The highest BCUT2D eigenvalue weighted by Gasteiger charge is 2.42. The van der Waals surface area contributed by atoms with E-state index in [4.69, 9.17) is 25.8 Å². The van der Waals surface area contributed by atoms with Crippen LogP contribution < -0.4 is 14.2 Å². The first kappa shape index (κ1) is 26.3. The van der Waals surface area contributed by atoms with Gasteiger partial charge in [0.25, 0.3) is 0 Å². The summed E-state index contributed by atoms with van der Waals surface area (Å²) in [4.78, 5) is 6.16. The minimum atomic E-state index is -1.39. The molecule has 0 saturated carbocycles. The van der Waals surface area contributed by atoms with E-state index in [-0.39, 0.29) is 13.2 Å². The van der Waals surface area contributed by atoms with Gasteiger partial charge in [-0.15, -0.1) is 0 Å². The van der Waals surface area contributed by atoms with Crippen LogP contribution in [0.4, 0.5) is 0 Å². The van der Waals surface area contributed by atoms with Gasteiger partial charge in [-0.25, -0.2) is 4.98 Å². The number of nitrogens with zero attached hydrogens (tertiary/aromatic N) is 3. The molecule has 2 heterocycles. The third-order valence-corrected chi connectivity index (χ3v) is 7.13. The summed E-state index contributed by atoms with van der Waals surface area (Å²) in [7, 11) is 1.62. The van der Waals surface area contributed by atoms with Gasteiger partial charge in [0.2, 0.25) is 0 Å². The van der Waals surface area contributed by atoms with Gasteiger partial charge in [-0.3, -0.25) is 4.90 Å². The fourth-order valence-corrected chi connectivity index (χ4v) is 4.60. The highest BCUT2D eigenvalue weighted by Crippen LogP contribution is 2.31. The van der Waals surface area contributed by atoms with Crippen LogP contribution in [0.1, 0.15) is 23.1 Å². The van der Waals surface area contributed by atoms with Gasteiger partial charge in [0.1, 0.15) is 24.6 Å². The van der Waals surface area contributed by atoms with E-state index in [2.05, 4.69) is 9.88 Å². The average molecular weight is 516 g/mol. The number of halogens is 1. The molecule has 8 nitrogen and oxygen atoms in total. The van der Waals surface area contributed by atoms with Crippen molar-refractivity contribution in [3.05, 3.63) is 70.8 Å². The number of rotatable bonds is 10. The molecule has 194 valence electrons. The molecule has 3 aromatic rings. The molecule has 0 bridgehead atoms. The van der Waals surface area contributed by atoms with E-state index < -0.39 is 11.7 Å². The van der Waals surface area contributed by atoms with E-state index in [1.807, 2.05) is 54.9 Å². The van der Waals surface area contributed by atoms with Gasteiger partial charge in [0.15, 0.2) is 11.5 Å². The van der Waals surface area contributed by atoms with Gasteiger partial charge in [-0.1, -0.05) is 17.7 Å². The summed E-state index contributed by atoms with van der Waals surface area (Å²) in [5, 5.41) is 22.6. The van der Waals surface area contributed by atoms with Crippen molar-refractivity contribution in [1.82, 2.24) is 14.5 Å². The highest BCUT2D eigenvalue weighted by atomic mass is 35.5. The predicted molar refractivity (Wildman–Crippen MR) is 138 cm³/mol. The monoisotopic (exact) mass is 515 g/mol. The number of hydrogen-bond acceptors (Lipinski definition) is 7. The van der Waals surface area contributed by atoms with Crippen LogP contribution in [0.5, 0.6) is 17.2 Å². The van der Waals surface area contributed by atoms with E-state index >= 15 is 0 Å². The molecule has 36 heavy (non-hydrogen) atoms. The van der Waals surface area contributed by atoms with Crippen molar-refractivity contribution in [2.45, 2.75) is 45.1 Å². The Labute approximate surface area is 217 Å². The molecular weight excluding hydrogens is 482 g/mol. The van der Waals surface area contributed by atoms with Crippen LogP contribution >= 0.6 is 11.6 Å². The molecule has 2 N–H and O–H groups in total. The Balaban J connectivity index is 1.39. The van der Waals surface area contributed by atoms with Crippen LogP contribution in [0.2, 0.25) is 5.02 Å². The quantitative estimate of drug-likeness (QED) is 0.426. The van der Waals surface area contributed by atoms with E-state index in [1.165, 1.54) is 0 Å². The maximum Gasteiger partial charge on any atom is 0.161 e. The maximum atomic E-state index is 11.3. The Morgan fingerprint density at radius 2 is 1.92 bits per heavy atom. The molecule has 1 fully saturated rings. The number of aryl methyl sites for hydroxylation is 2. The zero-order valence-corrected chi connectivity index (χ0v) is 21.7. The van der Waals surface area contributed by atoms with Crippen LogP contribution in [-0.4, -0.2) is 69.8 Å². The molecule has 0 spiro atoms. The van der Waals surface area contributed by atoms with Crippen molar-refractivity contribution in [3.63, 3.8) is 0 Å². The third kappa shape index (κ3) is 6.31. The number of ether oxygens (including phenoxy) is 3. The third-order valence-electron chi connectivity index (χ3n) is 6.54. The summed E-state index contributed by atoms with van der Waals surface area (Å²) < 4.78 is 19.3. The average Bonchev–Trinajstić information content (AvgIpc) is 3.37. The number of aromatic nitrogens is 2. The van der Waals surface area contributed by atoms with Crippen molar-refractivity contribution in [2.75, 3.05) is 33.4 Å². The van der Waals surface area contributed by atoms with E-state index in [9.17, 15) is 10.2 Å². The van der Waals surface area contributed by atoms with Gasteiger partial charge in [0, 0.05) is 37.1 Å². The lowest BCUT2D eigenvalue weighted by Gasteiger charge is -2.42. The lowest BCUT2D eigenvalue weighted by atomic mass is 9.90. The summed E-state index contributed by atoms with van der Waals surface area (Å²) in [6.45, 7) is 6.50. The van der Waals surface area contributed by atoms with E-state index in [1.54, 1.807) is 19.6 Å². The fraction of sp³-hybridized carbons (Fsp3) is 0.444. The van der Waals surface area contributed by atoms with Crippen LogP contribution in [0, 0.1) is 13.8 Å². The van der Waals surface area contributed by atoms with Gasteiger partial charge in [-0.05, 0) is 61.2 Å². The standard InChI is InChI=1S/C27H34ClN3O5/c1-19-12-22(13-20(2)26(19)28)36-17-27(33)16-31(8-6-25(27)32)15-21-4-5-23(34-3)24(14-21)35-11-10-30-9-7-29-18-30/h4-5,7,9,12-14,18,25,32-33H,6,8,10-11,15-17H2,1-3H3/t25-,27-/m0/s1. The molecule has 0 unspecified atom stereocenters. The molecule has 4 rings (SSSR count). The molecule has 0 radical (unpaired) electrons. The van der Waals surface area contributed by atoms with Crippen molar-refractivity contribution in [3.8, 4) is 17.2 Å². The van der Waals surface area contributed by atoms with Crippen LogP contribution in [0.3, 0.4) is 0 Å². The first-order valence-electron chi connectivity index (χ1n) is 12.1. The maximum absolute atomic E-state index is 11.3. The molecule has 1 aromatic heterocycles. The Kier molecular flexibility index (Phi) is 8.41. The van der Waals surface area contributed by atoms with Crippen molar-refractivity contribution < 1.29 is 24.4 Å². The highest BCUT2D eigenvalue weighted by molar-refractivity contribution is 6.32. The molecular formula is C27H34ClN3O5. The van der Waals surface area contributed by atoms with Gasteiger partial charge in [-0.2, -0.15) is 0 Å². The SMILES string of the molecule is COc1ccc(CN2CC[C@H](O)[C@@](O)(COc3cc(C)c(Cl)c(C)c3)C2)cc1OCCn1ccnc1. The zero-order chi connectivity index (χ0) is 25.7. The summed E-state index contributed by atoms with van der Waals surface area (Å²) in [6, 6.07) is 9.53. The van der Waals surface area contributed by atoms with Gasteiger partial charge < -0.3 is 29.0 Å². The minimum Gasteiger partial charge on any atom is -0.493 e. The number of imidazole rings is 1. The smallest absolute Gasteiger partial charge is 0.161 e. The van der Waals surface area contributed by atoms with Crippen LogP contribution in [0.15, 0.2) is 49.1 Å². The number of aliphatic hydroxyl groups excluding tert-OH is 1. The van der Waals surface area contributed by atoms with Crippen molar-refractivity contribution in [2.24, 2.45) is 0 Å². The summed E-state index contributed by atoms with van der Waals surface area (Å²) in [6.07, 6.45) is 4.95. The minimum absolute atomic E-state index is 0.0175. The lowest BCUT2D eigenvalue weighted by molar-refractivity contribution is -0.140. The molecule has 0 amide bonds. The Bertz CT molecular complexity index is 1130. The van der Waals surface area contributed by atoms with Gasteiger partial charge in [0.05, 0.1) is 26.1 Å². The number of likely N-dealkylation sites (tertiary alicyclic amines) is 1. The van der Waals surface area contributed by atoms with Crippen LogP contribution in [0.25, 0.3) is 0 Å². The Morgan fingerprint density at radius 1 is 1.14 bits per heavy atom. The number of hydrogen-bond donors (Lipinski definition) is 2. The number of methoxy groups -OCH3 is 1. The molecule has 2 atom stereocenters. The molecule has 0 aliphatic carbocycles. The second-order valence-electron chi connectivity index (χ2n) is 9.41. The van der Waals surface area contributed by atoms with Crippen molar-refractivity contribution in [1.29, 1.82) is 0 Å². The molecule has 1 saturated heterocycles. The largest absolute Gasteiger partial charge is 0.493 e. The van der Waals surface area contributed by atoms with Crippen molar-refractivity contribution >= 4 is 11.6 Å². The Hall–Kier alpha value is -2.78. The number of aliphatic hydroxyl groups is 2. The zero-order valence-electron chi connectivity index (χ0n) is 21.0. The lowest BCUT2D eigenvalue weighted by Crippen LogP contribution is -2.59. The van der Waals surface area contributed by atoms with Crippen LogP contribution in [-0.2, 0) is 13.1 Å². The normalized spacial score (nSPS) is 20.3. The fourth-order valence-electron chi connectivity index (χ4n) is 4.49.